The summed E-state index contributed by atoms with van der Waals surface area (Å²) in [7, 11) is 0. The summed E-state index contributed by atoms with van der Waals surface area (Å²) in [6.07, 6.45) is -4.91. The average Bonchev–Trinajstić information content (AvgIpc) is 2.87. The molecule has 7 heteroatoms. The molecule has 1 aliphatic heterocycles. The van der Waals surface area contributed by atoms with Gasteiger partial charge in [0, 0.05) is 11.9 Å². The zero-order valence-corrected chi connectivity index (χ0v) is 18.9. The number of rotatable bonds is 6. The smallest absolute Gasteiger partial charge is 0.127 e. The van der Waals surface area contributed by atoms with Crippen LogP contribution in [0.2, 0.25) is 0 Å². The van der Waals surface area contributed by atoms with E-state index in [4.69, 9.17) is 10.5 Å². The van der Waals surface area contributed by atoms with Crippen LogP contribution in [0, 0.1) is 6.92 Å². The van der Waals surface area contributed by atoms with E-state index in [9.17, 15) is 20.4 Å². The Morgan fingerprint density at radius 2 is 1.26 bits per heavy atom. The standard InChI is InChI=1S/C27H30N2O5/c1-16-2-4-17(5-3-16)18-6-8-19(9-7-18)20-10-12-21(13-11-20)29-14-22(28)27-26(33)25(32)24(31)23(15-30)34-27/h2-14,23-27,29-33H,15,28H2,1H3/b22-14-. The molecule has 7 N–H and O–H groups in total. The number of hydrogen-bond acceptors (Lipinski definition) is 7. The van der Waals surface area contributed by atoms with Crippen molar-refractivity contribution < 1.29 is 25.2 Å². The number of benzene rings is 3. The Hall–Kier alpha value is -3.20. The fourth-order valence-corrected chi connectivity index (χ4v) is 3.99. The van der Waals surface area contributed by atoms with Crippen LogP contribution in [-0.4, -0.2) is 57.6 Å². The summed E-state index contributed by atoms with van der Waals surface area (Å²) in [4.78, 5) is 0. The number of anilines is 1. The molecular formula is C27H30N2O5. The molecule has 178 valence electrons. The van der Waals surface area contributed by atoms with Crippen LogP contribution in [0.15, 0.2) is 84.7 Å². The molecule has 0 bridgehead atoms. The molecule has 1 saturated heterocycles. The lowest BCUT2D eigenvalue weighted by Crippen LogP contribution is -2.59. The van der Waals surface area contributed by atoms with Gasteiger partial charge in [-0.2, -0.15) is 0 Å². The van der Waals surface area contributed by atoms with E-state index in [1.165, 1.54) is 17.3 Å². The number of hydrogen-bond donors (Lipinski definition) is 6. The van der Waals surface area contributed by atoms with Crippen molar-refractivity contribution in [2.24, 2.45) is 5.73 Å². The van der Waals surface area contributed by atoms with E-state index in [0.717, 1.165) is 22.4 Å². The van der Waals surface area contributed by atoms with E-state index in [0.29, 0.717) is 0 Å². The summed E-state index contributed by atoms with van der Waals surface area (Å²) < 4.78 is 5.46. The quantitative estimate of drug-likeness (QED) is 0.332. The lowest BCUT2D eigenvalue weighted by Gasteiger charge is -2.40. The van der Waals surface area contributed by atoms with Crippen molar-refractivity contribution in [1.29, 1.82) is 0 Å². The van der Waals surface area contributed by atoms with Gasteiger partial charge in [-0.25, -0.2) is 0 Å². The molecule has 7 nitrogen and oxygen atoms in total. The van der Waals surface area contributed by atoms with Crippen LogP contribution >= 0.6 is 0 Å². The van der Waals surface area contributed by atoms with Crippen molar-refractivity contribution in [1.82, 2.24) is 0 Å². The van der Waals surface area contributed by atoms with Crippen molar-refractivity contribution in [3.63, 3.8) is 0 Å². The van der Waals surface area contributed by atoms with Crippen LogP contribution in [0.4, 0.5) is 5.69 Å². The lowest BCUT2D eigenvalue weighted by atomic mass is 9.94. The number of aliphatic hydroxyl groups is 4. The Balaban J connectivity index is 1.41. The van der Waals surface area contributed by atoms with Gasteiger partial charge < -0.3 is 36.2 Å². The summed E-state index contributed by atoms with van der Waals surface area (Å²) in [5.74, 6) is 0. The molecule has 0 aromatic heterocycles. The molecule has 1 aliphatic rings. The van der Waals surface area contributed by atoms with E-state index in [-0.39, 0.29) is 5.70 Å². The first-order valence-electron chi connectivity index (χ1n) is 11.2. The van der Waals surface area contributed by atoms with Gasteiger partial charge in [0.2, 0.25) is 0 Å². The van der Waals surface area contributed by atoms with Gasteiger partial charge in [0.05, 0.1) is 12.3 Å². The van der Waals surface area contributed by atoms with Gasteiger partial charge in [0.1, 0.15) is 30.5 Å². The number of aliphatic hydroxyl groups excluding tert-OH is 4. The Morgan fingerprint density at radius 1 is 0.794 bits per heavy atom. The van der Waals surface area contributed by atoms with E-state index in [2.05, 4.69) is 60.8 Å². The average molecular weight is 463 g/mol. The Kier molecular flexibility index (Phi) is 7.31. The van der Waals surface area contributed by atoms with Crippen molar-refractivity contribution in [3.8, 4) is 22.3 Å². The first-order valence-corrected chi connectivity index (χ1v) is 11.2. The maximum absolute atomic E-state index is 10.2. The highest BCUT2D eigenvalue weighted by Crippen LogP contribution is 2.27. The second-order valence-electron chi connectivity index (χ2n) is 8.56. The van der Waals surface area contributed by atoms with Crippen LogP contribution in [0.3, 0.4) is 0 Å². The molecule has 34 heavy (non-hydrogen) atoms. The second kappa shape index (κ2) is 10.4. The molecule has 1 fully saturated rings. The van der Waals surface area contributed by atoms with Gasteiger partial charge in [-0.05, 0) is 41.3 Å². The maximum atomic E-state index is 10.2. The highest BCUT2D eigenvalue weighted by Gasteiger charge is 2.44. The van der Waals surface area contributed by atoms with Gasteiger partial charge in [0.15, 0.2) is 0 Å². The highest BCUT2D eigenvalue weighted by atomic mass is 16.5. The van der Waals surface area contributed by atoms with Gasteiger partial charge in [0.25, 0.3) is 0 Å². The molecule has 3 aromatic rings. The summed E-state index contributed by atoms with van der Waals surface area (Å²) in [6.45, 7) is 1.57. The number of nitrogens with two attached hydrogens (primary N) is 1. The Labute approximate surface area is 198 Å². The van der Waals surface area contributed by atoms with E-state index in [1.54, 1.807) is 0 Å². The number of aryl methyl sites for hydroxylation is 1. The second-order valence-corrected chi connectivity index (χ2v) is 8.56. The predicted molar refractivity (Wildman–Crippen MR) is 132 cm³/mol. The highest BCUT2D eigenvalue weighted by molar-refractivity contribution is 5.71. The van der Waals surface area contributed by atoms with Crippen molar-refractivity contribution in [2.45, 2.75) is 37.4 Å². The van der Waals surface area contributed by atoms with Gasteiger partial charge in [-0.3, -0.25) is 0 Å². The van der Waals surface area contributed by atoms with Crippen LogP contribution in [0.5, 0.6) is 0 Å². The fourth-order valence-electron chi connectivity index (χ4n) is 3.99. The van der Waals surface area contributed by atoms with Gasteiger partial charge in [-0.1, -0.05) is 66.2 Å². The molecule has 0 amide bonds. The molecule has 0 saturated carbocycles. The Bertz CT molecular complexity index is 1110. The number of ether oxygens (including phenoxy) is 1. The first-order chi connectivity index (χ1) is 16.4. The fraction of sp³-hybridized carbons (Fsp3) is 0.259. The van der Waals surface area contributed by atoms with Crippen LogP contribution in [0.25, 0.3) is 22.3 Å². The van der Waals surface area contributed by atoms with Crippen LogP contribution in [-0.2, 0) is 4.74 Å². The minimum atomic E-state index is -1.47. The third kappa shape index (κ3) is 5.14. The first kappa shape index (κ1) is 23.9. The molecule has 1 heterocycles. The largest absolute Gasteiger partial charge is 0.399 e. The normalized spacial score (nSPS) is 25.2. The van der Waals surface area contributed by atoms with Gasteiger partial charge >= 0.3 is 0 Å². The predicted octanol–water partition coefficient (Wildman–Crippen LogP) is 2.38. The number of nitrogens with one attached hydrogen (secondary N) is 1. The maximum Gasteiger partial charge on any atom is 0.127 e. The molecule has 5 unspecified atom stereocenters. The zero-order valence-electron chi connectivity index (χ0n) is 18.9. The van der Waals surface area contributed by atoms with Crippen molar-refractivity contribution >= 4 is 5.69 Å². The topological polar surface area (TPSA) is 128 Å². The Morgan fingerprint density at radius 3 is 1.76 bits per heavy atom. The molecule has 4 rings (SSSR count). The SMILES string of the molecule is Cc1ccc(-c2ccc(-c3ccc(N/C=C(\N)C4OC(CO)C(O)C(O)C4O)cc3)cc2)cc1. The van der Waals surface area contributed by atoms with Gasteiger partial charge in [-0.15, -0.1) is 0 Å². The molecule has 5 atom stereocenters. The zero-order chi connectivity index (χ0) is 24.2. The van der Waals surface area contributed by atoms with E-state index in [1.807, 2.05) is 24.3 Å². The van der Waals surface area contributed by atoms with Crippen LogP contribution < -0.4 is 11.1 Å². The minimum Gasteiger partial charge on any atom is -0.399 e. The van der Waals surface area contributed by atoms with Crippen molar-refractivity contribution in [3.05, 3.63) is 90.3 Å². The van der Waals surface area contributed by atoms with Crippen molar-refractivity contribution in [2.75, 3.05) is 11.9 Å². The summed E-state index contributed by atoms with van der Waals surface area (Å²) >= 11 is 0. The minimum absolute atomic E-state index is 0.132. The summed E-state index contributed by atoms with van der Waals surface area (Å²) in [5.41, 5.74) is 12.7. The molecule has 0 spiro atoms. The molecule has 3 aromatic carbocycles. The summed E-state index contributed by atoms with van der Waals surface area (Å²) in [5, 5.41) is 42.4. The molecule has 0 radical (unpaired) electrons. The summed E-state index contributed by atoms with van der Waals surface area (Å²) in [6, 6.07) is 24.6. The lowest BCUT2D eigenvalue weighted by molar-refractivity contribution is -0.219. The third-order valence-electron chi connectivity index (χ3n) is 6.11. The molecular weight excluding hydrogens is 432 g/mol. The molecule has 0 aliphatic carbocycles. The monoisotopic (exact) mass is 462 g/mol. The van der Waals surface area contributed by atoms with Crippen LogP contribution in [0.1, 0.15) is 5.56 Å². The van der Waals surface area contributed by atoms with E-state index >= 15 is 0 Å². The van der Waals surface area contributed by atoms with E-state index < -0.39 is 37.1 Å². The third-order valence-corrected chi connectivity index (χ3v) is 6.11.